The Balaban J connectivity index is 1.64. The third-order valence-electron chi connectivity index (χ3n) is 4.25. The average Bonchev–Trinajstić information content (AvgIpc) is 2.59. The van der Waals surface area contributed by atoms with Crippen LogP contribution in [0.3, 0.4) is 0 Å². The van der Waals surface area contributed by atoms with Crippen LogP contribution in [-0.2, 0) is 0 Å². The highest BCUT2D eigenvalue weighted by Crippen LogP contribution is 2.43. The predicted molar refractivity (Wildman–Crippen MR) is 85.5 cm³/mol. The van der Waals surface area contributed by atoms with E-state index in [1.165, 1.54) is 6.07 Å². The van der Waals surface area contributed by atoms with Crippen molar-refractivity contribution in [1.29, 1.82) is 0 Å². The van der Waals surface area contributed by atoms with E-state index in [4.69, 9.17) is 19.3 Å². The Kier molecular flexibility index (Phi) is 3.65. The van der Waals surface area contributed by atoms with Crippen molar-refractivity contribution in [3.05, 3.63) is 41.5 Å². The second-order valence-electron chi connectivity index (χ2n) is 6.01. The summed E-state index contributed by atoms with van der Waals surface area (Å²) in [6, 6.07) is 7.61. The number of phenols is 2. The summed E-state index contributed by atoms with van der Waals surface area (Å²) in [5.74, 6) is 0.445. The van der Waals surface area contributed by atoms with Crippen molar-refractivity contribution in [1.82, 2.24) is 0 Å². The van der Waals surface area contributed by atoms with E-state index in [0.717, 1.165) is 6.07 Å². The fraction of sp³-hybridized carbons (Fsp3) is 0.278. The van der Waals surface area contributed by atoms with Gasteiger partial charge in [0.1, 0.15) is 35.5 Å². The van der Waals surface area contributed by atoms with Gasteiger partial charge in [-0.05, 0) is 17.7 Å². The van der Waals surface area contributed by atoms with Crippen molar-refractivity contribution in [2.45, 2.75) is 18.6 Å². The number of aliphatic hydroxyl groups excluding tert-OH is 1. The molecule has 0 bridgehead atoms. The number of ether oxygens (including phenoxy) is 3. The molecule has 0 spiro atoms. The van der Waals surface area contributed by atoms with Crippen LogP contribution in [0.25, 0.3) is 0 Å². The minimum Gasteiger partial charge on any atom is -0.508 e. The topological polar surface area (TPSA) is 105 Å². The monoisotopic (exact) mass is 344 g/mol. The SMILES string of the molecule is O=C1C[C@@H](c2ccc3c(c2)OC[C@H](CO)O3)Oc2cc(O)cc(O)c21. The molecule has 2 aliphatic rings. The van der Waals surface area contributed by atoms with E-state index in [-0.39, 0.29) is 48.2 Å². The first kappa shape index (κ1) is 15.6. The molecular formula is C18H16O7. The van der Waals surface area contributed by atoms with E-state index in [0.29, 0.717) is 17.1 Å². The predicted octanol–water partition coefficient (Wildman–Crippen LogP) is 1.94. The zero-order valence-corrected chi connectivity index (χ0v) is 13.1. The van der Waals surface area contributed by atoms with Crippen molar-refractivity contribution in [3.63, 3.8) is 0 Å². The first-order valence-electron chi connectivity index (χ1n) is 7.85. The Morgan fingerprint density at radius 1 is 1.04 bits per heavy atom. The molecule has 0 amide bonds. The maximum atomic E-state index is 12.4. The maximum Gasteiger partial charge on any atom is 0.174 e. The second-order valence-corrected chi connectivity index (χ2v) is 6.01. The second kappa shape index (κ2) is 5.86. The highest BCUT2D eigenvalue weighted by molar-refractivity contribution is 6.02. The highest BCUT2D eigenvalue weighted by atomic mass is 16.6. The number of hydrogen-bond acceptors (Lipinski definition) is 7. The number of fused-ring (bicyclic) bond motifs is 2. The Hall–Kier alpha value is -2.93. The van der Waals surface area contributed by atoms with Crippen molar-refractivity contribution in [2.75, 3.05) is 13.2 Å². The third-order valence-corrected chi connectivity index (χ3v) is 4.25. The van der Waals surface area contributed by atoms with Crippen LogP contribution in [0.15, 0.2) is 30.3 Å². The van der Waals surface area contributed by atoms with Gasteiger partial charge in [0.15, 0.2) is 23.4 Å². The van der Waals surface area contributed by atoms with Gasteiger partial charge in [0.25, 0.3) is 0 Å². The average molecular weight is 344 g/mol. The van der Waals surface area contributed by atoms with Gasteiger partial charge in [-0.3, -0.25) is 4.79 Å². The number of hydrogen-bond donors (Lipinski definition) is 3. The number of aliphatic hydroxyl groups is 1. The van der Waals surface area contributed by atoms with E-state index in [1.54, 1.807) is 18.2 Å². The maximum absolute atomic E-state index is 12.4. The van der Waals surface area contributed by atoms with E-state index < -0.39 is 12.2 Å². The van der Waals surface area contributed by atoms with E-state index in [9.17, 15) is 15.0 Å². The number of carbonyl (C=O) groups is 1. The van der Waals surface area contributed by atoms with Crippen molar-refractivity contribution in [2.24, 2.45) is 0 Å². The fourth-order valence-corrected chi connectivity index (χ4v) is 3.03. The Labute approximate surface area is 143 Å². The fourth-order valence-electron chi connectivity index (χ4n) is 3.03. The zero-order valence-electron chi connectivity index (χ0n) is 13.1. The minimum atomic E-state index is -0.564. The Morgan fingerprint density at radius 3 is 2.68 bits per heavy atom. The van der Waals surface area contributed by atoms with Gasteiger partial charge >= 0.3 is 0 Å². The Bertz CT molecular complexity index is 846. The molecule has 2 heterocycles. The Morgan fingerprint density at radius 2 is 1.88 bits per heavy atom. The number of phenolic OH excluding ortho intramolecular Hbond substituents is 2. The van der Waals surface area contributed by atoms with Gasteiger partial charge in [0, 0.05) is 12.1 Å². The molecule has 7 heteroatoms. The molecule has 2 aromatic rings. The lowest BCUT2D eigenvalue weighted by atomic mass is 9.95. The molecule has 0 radical (unpaired) electrons. The number of benzene rings is 2. The first-order valence-corrected chi connectivity index (χ1v) is 7.85. The molecule has 7 nitrogen and oxygen atoms in total. The van der Waals surface area contributed by atoms with Crippen LogP contribution in [0.5, 0.6) is 28.7 Å². The minimum absolute atomic E-state index is 0.0598. The summed E-state index contributed by atoms with van der Waals surface area (Å²) in [6.07, 6.45) is -0.904. The summed E-state index contributed by atoms with van der Waals surface area (Å²) in [4.78, 5) is 12.4. The van der Waals surface area contributed by atoms with Gasteiger partial charge in [-0.1, -0.05) is 6.07 Å². The molecule has 25 heavy (non-hydrogen) atoms. The molecule has 0 saturated carbocycles. The quantitative estimate of drug-likeness (QED) is 0.764. The molecule has 2 atom stereocenters. The van der Waals surface area contributed by atoms with Gasteiger partial charge in [0.2, 0.25) is 0 Å². The summed E-state index contributed by atoms with van der Waals surface area (Å²) in [5.41, 5.74) is 0.795. The van der Waals surface area contributed by atoms with Crippen LogP contribution in [-0.4, -0.2) is 40.4 Å². The number of carbonyl (C=O) groups excluding carboxylic acids is 1. The number of rotatable bonds is 2. The summed E-state index contributed by atoms with van der Waals surface area (Å²) in [5, 5.41) is 28.6. The largest absolute Gasteiger partial charge is 0.508 e. The first-order chi connectivity index (χ1) is 12.0. The van der Waals surface area contributed by atoms with Gasteiger partial charge < -0.3 is 29.5 Å². The van der Waals surface area contributed by atoms with Gasteiger partial charge in [0.05, 0.1) is 13.0 Å². The van der Waals surface area contributed by atoms with Crippen LogP contribution in [0.1, 0.15) is 28.4 Å². The zero-order chi connectivity index (χ0) is 17.6. The van der Waals surface area contributed by atoms with Gasteiger partial charge in [-0.2, -0.15) is 0 Å². The molecular weight excluding hydrogens is 328 g/mol. The van der Waals surface area contributed by atoms with Crippen molar-refractivity contribution < 1.29 is 34.3 Å². The van der Waals surface area contributed by atoms with Crippen LogP contribution >= 0.6 is 0 Å². The van der Waals surface area contributed by atoms with Gasteiger partial charge in [-0.25, -0.2) is 0 Å². The molecule has 0 aliphatic carbocycles. The molecule has 130 valence electrons. The van der Waals surface area contributed by atoms with E-state index in [1.807, 2.05) is 0 Å². The van der Waals surface area contributed by atoms with Crippen molar-refractivity contribution >= 4 is 5.78 Å². The standard InChI is InChI=1S/C18H16O7/c19-7-11-8-23-16-3-9(1-2-14(16)24-11)15-6-13(22)18-12(21)4-10(20)5-17(18)25-15/h1-5,11,15,19-21H,6-8H2/t11-,15-/m0/s1. The molecule has 0 fully saturated rings. The smallest absolute Gasteiger partial charge is 0.174 e. The van der Waals surface area contributed by atoms with Crippen molar-refractivity contribution in [3.8, 4) is 28.7 Å². The van der Waals surface area contributed by atoms with E-state index >= 15 is 0 Å². The molecule has 2 aromatic carbocycles. The van der Waals surface area contributed by atoms with E-state index in [2.05, 4.69) is 0 Å². The molecule has 0 unspecified atom stereocenters. The lowest BCUT2D eigenvalue weighted by Gasteiger charge is -2.28. The molecule has 0 aromatic heterocycles. The van der Waals surface area contributed by atoms with Crippen LogP contribution in [0, 0.1) is 0 Å². The number of Topliss-reactive ketones (excluding diaryl/α,β-unsaturated/α-hetero) is 1. The summed E-state index contributed by atoms with van der Waals surface area (Å²) >= 11 is 0. The van der Waals surface area contributed by atoms with Crippen LogP contribution in [0.4, 0.5) is 0 Å². The lowest BCUT2D eigenvalue weighted by molar-refractivity contribution is 0.0452. The molecule has 3 N–H and O–H groups in total. The molecule has 2 aliphatic heterocycles. The summed E-state index contributed by atoms with van der Waals surface area (Å²) in [6.45, 7) is 0.104. The third kappa shape index (κ3) is 2.72. The molecule has 0 saturated heterocycles. The highest BCUT2D eigenvalue weighted by Gasteiger charge is 2.32. The summed E-state index contributed by atoms with van der Waals surface area (Å²) in [7, 11) is 0. The number of ketones is 1. The summed E-state index contributed by atoms with van der Waals surface area (Å²) < 4.78 is 17.0. The number of aromatic hydroxyl groups is 2. The molecule has 4 rings (SSSR count). The lowest BCUT2D eigenvalue weighted by Crippen LogP contribution is -2.32. The van der Waals surface area contributed by atoms with Crippen LogP contribution in [0.2, 0.25) is 0 Å². The van der Waals surface area contributed by atoms with Gasteiger partial charge in [-0.15, -0.1) is 0 Å². The van der Waals surface area contributed by atoms with Crippen LogP contribution < -0.4 is 14.2 Å². The normalized spacial score (nSPS) is 21.4.